The van der Waals surface area contributed by atoms with Gasteiger partial charge in [-0.05, 0) is 5.56 Å². The number of benzene rings is 2. The molecule has 0 aliphatic heterocycles. The lowest BCUT2D eigenvalue weighted by Gasteiger charge is -2.19. The van der Waals surface area contributed by atoms with Crippen molar-refractivity contribution in [2.45, 2.75) is 12.2 Å². The van der Waals surface area contributed by atoms with E-state index in [0.29, 0.717) is 16.7 Å². The summed E-state index contributed by atoms with van der Waals surface area (Å²) < 4.78 is 0. The Balaban J connectivity index is 2.40. The van der Waals surface area contributed by atoms with Crippen molar-refractivity contribution in [3.8, 4) is 0 Å². The van der Waals surface area contributed by atoms with Gasteiger partial charge in [-0.15, -0.1) is 0 Å². The van der Waals surface area contributed by atoms with Gasteiger partial charge in [0.1, 0.15) is 6.10 Å². The summed E-state index contributed by atoms with van der Waals surface area (Å²) in [5, 5.41) is 19.8. The molecule has 104 valence electrons. The van der Waals surface area contributed by atoms with Crippen LogP contribution in [0.4, 0.5) is 0 Å². The molecule has 2 rings (SSSR count). The predicted molar refractivity (Wildman–Crippen MR) is 81.1 cm³/mol. The van der Waals surface area contributed by atoms with Crippen molar-refractivity contribution in [3.63, 3.8) is 0 Å². The molecular formula is C16H16O3S. The molecule has 3 nitrogen and oxygen atoms in total. The molecule has 2 aromatic rings. The van der Waals surface area contributed by atoms with Crippen LogP contribution in [0.25, 0.3) is 0 Å². The average molecular weight is 288 g/mol. The Hall–Kier alpha value is -1.62. The second kappa shape index (κ2) is 6.70. The minimum Gasteiger partial charge on any atom is -0.389 e. The van der Waals surface area contributed by atoms with E-state index < -0.39 is 12.2 Å². The number of rotatable bonds is 5. The van der Waals surface area contributed by atoms with Gasteiger partial charge in [-0.1, -0.05) is 54.6 Å². The molecule has 0 radical (unpaired) electrons. The standard InChI is InChI=1S/C16H16O3S/c17-14(10-20)16(19)13-9-5-4-8-12(13)15(18)11-6-2-1-3-7-11/h1-9,14,16-17,19-20H,10H2. The second-order valence-electron chi connectivity index (χ2n) is 4.48. The monoisotopic (exact) mass is 288 g/mol. The Morgan fingerprint density at radius 2 is 1.60 bits per heavy atom. The van der Waals surface area contributed by atoms with Gasteiger partial charge in [0, 0.05) is 16.9 Å². The summed E-state index contributed by atoms with van der Waals surface area (Å²) in [5.74, 6) is -0.0544. The zero-order valence-electron chi connectivity index (χ0n) is 10.8. The molecular weight excluding hydrogens is 272 g/mol. The van der Waals surface area contributed by atoms with Gasteiger partial charge in [0.15, 0.2) is 5.78 Å². The molecule has 0 amide bonds. The first kappa shape index (κ1) is 14.8. The van der Waals surface area contributed by atoms with Crippen molar-refractivity contribution >= 4 is 18.4 Å². The zero-order valence-corrected chi connectivity index (χ0v) is 11.7. The van der Waals surface area contributed by atoms with Crippen LogP contribution < -0.4 is 0 Å². The topological polar surface area (TPSA) is 57.5 Å². The first-order valence-electron chi connectivity index (χ1n) is 6.31. The number of aliphatic hydroxyl groups is 2. The molecule has 20 heavy (non-hydrogen) atoms. The number of carbonyl (C=O) groups is 1. The van der Waals surface area contributed by atoms with Crippen LogP contribution in [0.5, 0.6) is 0 Å². The van der Waals surface area contributed by atoms with Crippen LogP contribution in [0.2, 0.25) is 0 Å². The lowest BCUT2D eigenvalue weighted by molar-refractivity contribution is 0.0332. The van der Waals surface area contributed by atoms with Gasteiger partial charge in [0.05, 0.1) is 6.10 Å². The number of ketones is 1. The second-order valence-corrected chi connectivity index (χ2v) is 4.84. The van der Waals surface area contributed by atoms with Crippen LogP contribution in [0.1, 0.15) is 27.6 Å². The predicted octanol–water partition coefficient (Wildman–Crippen LogP) is 2.24. The summed E-state index contributed by atoms with van der Waals surface area (Å²) >= 11 is 3.97. The molecule has 0 aliphatic rings. The molecule has 0 bridgehead atoms. The number of thiol groups is 1. The van der Waals surface area contributed by atoms with Crippen LogP contribution in [-0.2, 0) is 0 Å². The van der Waals surface area contributed by atoms with Crippen LogP contribution in [0.15, 0.2) is 54.6 Å². The van der Waals surface area contributed by atoms with Crippen molar-refractivity contribution in [1.29, 1.82) is 0 Å². The van der Waals surface area contributed by atoms with Gasteiger partial charge < -0.3 is 10.2 Å². The number of carbonyl (C=O) groups excluding carboxylic acids is 1. The SMILES string of the molecule is O=C(c1ccccc1)c1ccccc1C(O)C(O)CS. The lowest BCUT2D eigenvalue weighted by atomic mass is 9.93. The van der Waals surface area contributed by atoms with Crippen LogP contribution >= 0.6 is 12.6 Å². The quantitative estimate of drug-likeness (QED) is 0.584. The summed E-state index contributed by atoms with van der Waals surface area (Å²) in [6.07, 6.45) is -2.14. The fraction of sp³-hybridized carbons (Fsp3) is 0.188. The lowest BCUT2D eigenvalue weighted by Crippen LogP contribution is -2.22. The van der Waals surface area contributed by atoms with Gasteiger partial charge >= 0.3 is 0 Å². The Labute approximate surface area is 123 Å². The van der Waals surface area contributed by atoms with Gasteiger partial charge in [-0.25, -0.2) is 0 Å². The fourth-order valence-corrected chi connectivity index (χ4v) is 2.21. The highest BCUT2D eigenvalue weighted by atomic mass is 32.1. The molecule has 4 heteroatoms. The summed E-state index contributed by atoms with van der Waals surface area (Å²) in [4.78, 5) is 12.5. The minimum atomic E-state index is -1.13. The summed E-state index contributed by atoms with van der Waals surface area (Å²) in [7, 11) is 0. The van der Waals surface area contributed by atoms with Crippen LogP contribution in [-0.4, -0.2) is 27.9 Å². The molecule has 0 heterocycles. The Kier molecular flexibility index (Phi) is 4.95. The minimum absolute atomic E-state index is 0.120. The smallest absolute Gasteiger partial charge is 0.193 e. The van der Waals surface area contributed by atoms with E-state index in [1.165, 1.54) is 0 Å². The van der Waals surface area contributed by atoms with Crippen molar-refractivity contribution in [3.05, 3.63) is 71.3 Å². The molecule has 0 saturated heterocycles. The van der Waals surface area contributed by atoms with Gasteiger partial charge in [-0.3, -0.25) is 4.79 Å². The third-order valence-corrected chi connectivity index (χ3v) is 3.49. The highest BCUT2D eigenvalue weighted by Crippen LogP contribution is 2.24. The molecule has 2 N–H and O–H groups in total. The Morgan fingerprint density at radius 1 is 1.00 bits per heavy atom. The van der Waals surface area contributed by atoms with E-state index in [1.807, 2.05) is 6.07 Å². The highest BCUT2D eigenvalue weighted by molar-refractivity contribution is 7.80. The molecule has 0 spiro atoms. The van der Waals surface area contributed by atoms with Crippen LogP contribution in [0, 0.1) is 0 Å². The van der Waals surface area contributed by atoms with E-state index in [1.54, 1.807) is 48.5 Å². The van der Waals surface area contributed by atoms with E-state index in [4.69, 9.17) is 0 Å². The van der Waals surface area contributed by atoms with E-state index in [0.717, 1.165) is 0 Å². The normalized spacial score (nSPS) is 13.8. The summed E-state index contributed by atoms with van der Waals surface area (Å²) in [6.45, 7) is 0. The van der Waals surface area contributed by atoms with Crippen molar-refractivity contribution in [2.24, 2.45) is 0 Å². The molecule has 0 fully saturated rings. The van der Waals surface area contributed by atoms with E-state index in [9.17, 15) is 15.0 Å². The molecule has 0 aromatic heterocycles. The molecule has 2 unspecified atom stereocenters. The highest BCUT2D eigenvalue weighted by Gasteiger charge is 2.22. The van der Waals surface area contributed by atoms with E-state index >= 15 is 0 Å². The van der Waals surface area contributed by atoms with E-state index in [2.05, 4.69) is 12.6 Å². The maximum atomic E-state index is 12.5. The van der Waals surface area contributed by atoms with Gasteiger partial charge in [0.2, 0.25) is 0 Å². The van der Waals surface area contributed by atoms with Crippen molar-refractivity contribution in [2.75, 3.05) is 5.75 Å². The Morgan fingerprint density at radius 3 is 2.25 bits per heavy atom. The summed E-state index contributed by atoms with van der Waals surface area (Å²) in [5.41, 5.74) is 1.36. The maximum absolute atomic E-state index is 12.5. The first-order valence-corrected chi connectivity index (χ1v) is 6.94. The average Bonchev–Trinajstić information content (AvgIpc) is 2.53. The zero-order chi connectivity index (χ0) is 14.5. The third-order valence-electron chi connectivity index (χ3n) is 3.11. The number of hydrogen-bond acceptors (Lipinski definition) is 4. The Bertz CT molecular complexity index is 583. The van der Waals surface area contributed by atoms with E-state index in [-0.39, 0.29) is 11.5 Å². The molecule has 0 aliphatic carbocycles. The molecule has 0 saturated carbocycles. The summed E-state index contributed by atoms with van der Waals surface area (Å²) in [6, 6.07) is 15.6. The fourth-order valence-electron chi connectivity index (χ4n) is 2.01. The van der Waals surface area contributed by atoms with Crippen molar-refractivity contribution < 1.29 is 15.0 Å². The van der Waals surface area contributed by atoms with Crippen molar-refractivity contribution in [1.82, 2.24) is 0 Å². The number of aliphatic hydroxyl groups excluding tert-OH is 2. The van der Waals surface area contributed by atoms with Crippen LogP contribution in [0.3, 0.4) is 0 Å². The largest absolute Gasteiger partial charge is 0.389 e. The maximum Gasteiger partial charge on any atom is 0.193 e. The van der Waals surface area contributed by atoms with Gasteiger partial charge in [0.25, 0.3) is 0 Å². The first-order chi connectivity index (χ1) is 9.65. The molecule has 2 aromatic carbocycles. The molecule has 2 atom stereocenters. The van der Waals surface area contributed by atoms with Gasteiger partial charge in [-0.2, -0.15) is 12.6 Å². The third kappa shape index (κ3) is 3.10. The number of hydrogen-bond donors (Lipinski definition) is 3.